The first kappa shape index (κ1) is 13.8. The first-order chi connectivity index (χ1) is 8.88. The molecule has 3 nitrogen and oxygen atoms in total. The topological polar surface area (TPSA) is 34.0 Å². The largest absolute Gasteiger partial charge is 0.311 e. The number of hydrogen-bond acceptors (Lipinski definition) is 2. The molecule has 19 heavy (non-hydrogen) atoms. The molecule has 0 bridgehead atoms. The second-order valence-electron chi connectivity index (χ2n) is 5.76. The second kappa shape index (κ2) is 4.82. The molecule has 1 aromatic heterocycles. The van der Waals surface area contributed by atoms with Crippen molar-refractivity contribution in [3.8, 4) is 0 Å². The monoisotopic (exact) mass is 258 g/mol. The molecule has 0 aliphatic carbocycles. The quantitative estimate of drug-likeness (QED) is 0.918. The van der Waals surface area contributed by atoms with Crippen LogP contribution < -0.4 is 10.9 Å². The second-order valence-corrected chi connectivity index (χ2v) is 5.76. The first-order valence-electron chi connectivity index (χ1n) is 6.72. The molecule has 0 radical (unpaired) electrons. The third kappa shape index (κ3) is 2.30. The zero-order chi connectivity index (χ0) is 14.2. The molecule has 1 N–H and O–H groups in total. The summed E-state index contributed by atoms with van der Waals surface area (Å²) in [7, 11) is 1.88. The van der Waals surface area contributed by atoms with E-state index in [1.165, 1.54) is 0 Å². The summed E-state index contributed by atoms with van der Waals surface area (Å²) in [6.07, 6.45) is 0. The Balaban J connectivity index is 2.89. The minimum absolute atomic E-state index is 0.0908. The van der Waals surface area contributed by atoms with E-state index in [9.17, 15) is 4.79 Å². The Bertz CT molecular complexity index is 653. The van der Waals surface area contributed by atoms with Gasteiger partial charge in [-0.25, -0.2) is 0 Å². The standard InChI is InChI=1S/C16H22N2O/c1-11(2)18-14-9-7-6-8-12(14)10-13(15(18)19)16(3,4)17-5/h6-11,17H,1-5H3. The Kier molecular flexibility index (Phi) is 3.50. The number of nitrogens with one attached hydrogen (secondary N) is 1. The molecular weight excluding hydrogens is 236 g/mol. The van der Waals surface area contributed by atoms with Gasteiger partial charge in [-0.1, -0.05) is 18.2 Å². The maximum atomic E-state index is 12.8. The molecule has 0 spiro atoms. The van der Waals surface area contributed by atoms with Crippen molar-refractivity contribution < 1.29 is 0 Å². The molecule has 102 valence electrons. The highest BCUT2D eigenvalue weighted by Crippen LogP contribution is 2.22. The summed E-state index contributed by atoms with van der Waals surface area (Å²) < 4.78 is 1.88. The van der Waals surface area contributed by atoms with Gasteiger partial charge in [0.25, 0.3) is 5.56 Å². The lowest BCUT2D eigenvalue weighted by molar-refractivity contribution is 0.433. The van der Waals surface area contributed by atoms with Crippen molar-refractivity contribution in [1.29, 1.82) is 0 Å². The highest BCUT2D eigenvalue weighted by molar-refractivity contribution is 5.80. The highest BCUT2D eigenvalue weighted by Gasteiger charge is 2.24. The molecule has 0 amide bonds. The molecule has 0 unspecified atom stereocenters. The van der Waals surface area contributed by atoms with Gasteiger partial charge in [0.2, 0.25) is 0 Å². The Hall–Kier alpha value is -1.61. The third-order valence-electron chi connectivity index (χ3n) is 3.76. The van der Waals surface area contributed by atoms with Gasteiger partial charge in [0.05, 0.1) is 5.52 Å². The summed E-state index contributed by atoms with van der Waals surface area (Å²) in [4.78, 5) is 12.8. The Morgan fingerprint density at radius 1 is 1.21 bits per heavy atom. The molecule has 0 atom stereocenters. The molecule has 0 saturated carbocycles. The van der Waals surface area contributed by atoms with Crippen LogP contribution in [0.1, 0.15) is 39.3 Å². The van der Waals surface area contributed by atoms with Crippen LogP contribution in [-0.4, -0.2) is 11.6 Å². The number of nitrogens with zero attached hydrogens (tertiary/aromatic N) is 1. The van der Waals surface area contributed by atoms with Gasteiger partial charge in [-0.15, -0.1) is 0 Å². The summed E-state index contributed by atoms with van der Waals surface area (Å²) in [5.74, 6) is 0. The number of fused-ring (bicyclic) bond motifs is 1. The van der Waals surface area contributed by atoms with Crippen molar-refractivity contribution in [2.45, 2.75) is 39.3 Å². The summed E-state index contributed by atoms with van der Waals surface area (Å²) >= 11 is 0. The average Bonchev–Trinajstić information content (AvgIpc) is 2.37. The number of para-hydroxylation sites is 1. The van der Waals surface area contributed by atoms with Crippen LogP contribution in [0.15, 0.2) is 35.1 Å². The fourth-order valence-electron chi connectivity index (χ4n) is 2.38. The summed E-state index contributed by atoms with van der Waals surface area (Å²) in [5.41, 5.74) is 1.56. The smallest absolute Gasteiger partial charge is 0.256 e. The van der Waals surface area contributed by atoms with Gasteiger partial charge in [-0.3, -0.25) is 4.79 Å². The zero-order valence-corrected chi connectivity index (χ0v) is 12.3. The molecule has 2 aromatic rings. The molecule has 1 aromatic carbocycles. The van der Waals surface area contributed by atoms with Gasteiger partial charge < -0.3 is 9.88 Å². The van der Waals surface area contributed by atoms with E-state index in [4.69, 9.17) is 0 Å². The van der Waals surface area contributed by atoms with Crippen LogP contribution >= 0.6 is 0 Å². The Morgan fingerprint density at radius 2 is 1.84 bits per heavy atom. The molecule has 0 fully saturated rings. The van der Waals surface area contributed by atoms with E-state index in [0.29, 0.717) is 0 Å². The molecule has 0 saturated heterocycles. The normalized spacial score (nSPS) is 12.3. The van der Waals surface area contributed by atoms with Gasteiger partial charge in [-0.2, -0.15) is 0 Å². The predicted molar refractivity (Wildman–Crippen MR) is 80.7 cm³/mol. The van der Waals surface area contributed by atoms with E-state index in [1.54, 1.807) is 0 Å². The number of hydrogen-bond donors (Lipinski definition) is 1. The van der Waals surface area contributed by atoms with Gasteiger partial charge in [-0.05, 0) is 52.3 Å². The van der Waals surface area contributed by atoms with E-state index in [2.05, 4.69) is 11.4 Å². The van der Waals surface area contributed by atoms with Crippen molar-refractivity contribution >= 4 is 10.9 Å². The van der Waals surface area contributed by atoms with Crippen molar-refractivity contribution in [3.63, 3.8) is 0 Å². The van der Waals surface area contributed by atoms with Crippen LogP contribution in [0.5, 0.6) is 0 Å². The maximum Gasteiger partial charge on any atom is 0.256 e. The Labute approximate surface area is 114 Å². The summed E-state index contributed by atoms with van der Waals surface area (Å²) in [5, 5.41) is 4.32. The summed E-state index contributed by atoms with van der Waals surface area (Å²) in [6, 6.07) is 10.2. The fraction of sp³-hybridized carbons (Fsp3) is 0.438. The lowest BCUT2D eigenvalue weighted by atomic mass is 9.94. The van der Waals surface area contributed by atoms with Gasteiger partial charge in [0, 0.05) is 17.1 Å². The molecule has 0 aliphatic rings. The van der Waals surface area contributed by atoms with Crippen molar-refractivity contribution in [1.82, 2.24) is 9.88 Å². The van der Waals surface area contributed by atoms with Crippen LogP contribution in [-0.2, 0) is 5.54 Å². The van der Waals surface area contributed by atoms with E-state index < -0.39 is 0 Å². The maximum absolute atomic E-state index is 12.8. The predicted octanol–water partition coefficient (Wildman–Crippen LogP) is 3.04. The van der Waals surface area contributed by atoms with E-state index in [0.717, 1.165) is 16.5 Å². The molecule has 2 rings (SSSR count). The van der Waals surface area contributed by atoms with E-state index in [1.807, 2.05) is 63.6 Å². The zero-order valence-electron chi connectivity index (χ0n) is 12.3. The lowest BCUT2D eigenvalue weighted by Crippen LogP contribution is -2.40. The molecule has 3 heteroatoms. The van der Waals surface area contributed by atoms with Crippen LogP contribution in [0, 0.1) is 0 Å². The van der Waals surface area contributed by atoms with Crippen LogP contribution in [0.25, 0.3) is 10.9 Å². The van der Waals surface area contributed by atoms with Crippen molar-refractivity contribution in [2.75, 3.05) is 7.05 Å². The average molecular weight is 258 g/mol. The lowest BCUT2D eigenvalue weighted by Gasteiger charge is -2.26. The van der Waals surface area contributed by atoms with Crippen LogP contribution in [0.2, 0.25) is 0 Å². The fourth-order valence-corrected chi connectivity index (χ4v) is 2.38. The number of pyridine rings is 1. The van der Waals surface area contributed by atoms with Crippen LogP contribution in [0.3, 0.4) is 0 Å². The number of rotatable bonds is 3. The van der Waals surface area contributed by atoms with Crippen molar-refractivity contribution in [3.05, 3.63) is 46.2 Å². The summed E-state index contributed by atoms with van der Waals surface area (Å²) in [6.45, 7) is 8.15. The molecular formula is C16H22N2O. The Morgan fingerprint density at radius 3 is 2.42 bits per heavy atom. The van der Waals surface area contributed by atoms with Gasteiger partial charge in [0.15, 0.2) is 0 Å². The molecule has 0 aliphatic heterocycles. The van der Waals surface area contributed by atoms with Gasteiger partial charge in [0.1, 0.15) is 0 Å². The van der Waals surface area contributed by atoms with Crippen molar-refractivity contribution in [2.24, 2.45) is 0 Å². The number of benzene rings is 1. The van der Waals surface area contributed by atoms with E-state index in [-0.39, 0.29) is 17.1 Å². The minimum Gasteiger partial charge on any atom is -0.311 e. The third-order valence-corrected chi connectivity index (χ3v) is 3.76. The molecule has 1 heterocycles. The first-order valence-corrected chi connectivity index (χ1v) is 6.72. The van der Waals surface area contributed by atoms with Crippen LogP contribution in [0.4, 0.5) is 0 Å². The highest BCUT2D eigenvalue weighted by atomic mass is 16.1. The number of aromatic nitrogens is 1. The van der Waals surface area contributed by atoms with E-state index >= 15 is 0 Å². The minimum atomic E-state index is -0.336. The van der Waals surface area contributed by atoms with Gasteiger partial charge >= 0.3 is 0 Å². The SMILES string of the molecule is CNC(C)(C)c1cc2ccccc2n(C(C)C)c1=O.